The van der Waals surface area contributed by atoms with E-state index >= 15 is 0 Å². The predicted octanol–water partition coefficient (Wildman–Crippen LogP) is 2.68. The maximum Gasteiger partial charge on any atom is 0.416 e. The fourth-order valence-electron chi connectivity index (χ4n) is 2.33. The molecule has 2 aromatic carbocycles. The zero-order valence-electron chi connectivity index (χ0n) is 14.0. The molecule has 142 valence electrons. The minimum absolute atomic E-state index is 0.0213. The second-order valence-corrected chi connectivity index (χ2v) is 5.57. The summed E-state index contributed by atoms with van der Waals surface area (Å²) < 4.78 is 49.1. The topological polar surface area (TPSA) is 107 Å². The van der Waals surface area contributed by atoms with Crippen molar-refractivity contribution in [2.24, 2.45) is 21.5 Å². The monoisotopic (exact) mass is 379 g/mol. The molecule has 27 heavy (non-hydrogen) atoms. The van der Waals surface area contributed by atoms with E-state index in [0.29, 0.717) is 11.5 Å². The number of anilines is 1. The zero-order valence-corrected chi connectivity index (χ0v) is 14.0. The molecular weight excluding hydrogens is 363 g/mol. The molecule has 3 rings (SSSR count). The van der Waals surface area contributed by atoms with Crippen molar-refractivity contribution < 1.29 is 22.6 Å². The number of nitrogens with two attached hydrogens (primary N) is 2. The first-order chi connectivity index (χ1) is 12.8. The van der Waals surface area contributed by atoms with Crippen LogP contribution in [-0.2, 0) is 12.7 Å². The van der Waals surface area contributed by atoms with Crippen molar-refractivity contribution in [1.82, 2.24) is 0 Å². The molecule has 10 heteroatoms. The number of benzene rings is 2. The van der Waals surface area contributed by atoms with E-state index in [9.17, 15) is 13.2 Å². The molecule has 7 nitrogen and oxygen atoms in total. The SMILES string of the molecule is NC(N)=NC(=NCc1ccc2c(c1)OCO2)Nc1cccc(C(F)(F)F)c1. The van der Waals surface area contributed by atoms with E-state index in [1.54, 1.807) is 18.2 Å². The van der Waals surface area contributed by atoms with Crippen LogP contribution in [0.3, 0.4) is 0 Å². The van der Waals surface area contributed by atoms with E-state index in [2.05, 4.69) is 15.3 Å². The second-order valence-electron chi connectivity index (χ2n) is 5.57. The normalized spacial score (nSPS) is 13.4. The van der Waals surface area contributed by atoms with Crippen LogP contribution in [-0.4, -0.2) is 18.7 Å². The van der Waals surface area contributed by atoms with Crippen LogP contribution in [0, 0.1) is 0 Å². The minimum atomic E-state index is -4.46. The number of rotatable bonds is 3. The van der Waals surface area contributed by atoms with E-state index < -0.39 is 11.7 Å². The van der Waals surface area contributed by atoms with Gasteiger partial charge in [0.25, 0.3) is 0 Å². The Balaban J connectivity index is 1.80. The van der Waals surface area contributed by atoms with Gasteiger partial charge in [0.05, 0.1) is 12.1 Å². The Hall–Kier alpha value is -3.43. The van der Waals surface area contributed by atoms with Gasteiger partial charge in [-0.05, 0) is 35.9 Å². The quantitative estimate of drug-likeness (QED) is 0.561. The lowest BCUT2D eigenvalue weighted by Gasteiger charge is -2.10. The lowest BCUT2D eigenvalue weighted by atomic mass is 10.2. The number of guanidine groups is 2. The maximum absolute atomic E-state index is 12.8. The lowest BCUT2D eigenvalue weighted by Crippen LogP contribution is -2.26. The van der Waals surface area contributed by atoms with Gasteiger partial charge in [0, 0.05) is 5.69 Å². The number of nitrogens with one attached hydrogen (secondary N) is 1. The number of halogens is 3. The maximum atomic E-state index is 12.8. The van der Waals surface area contributed by atoms with Crippen molar-refractivity contribution in [3.05, 3.63) is 53.6 Å². The Bertz CT molecular complexity index is 892. The summed E-state index contributed by atoms with van der Waals surface area (Å²) in [7, 11) is 0. The van der Waals surface area contributed by atoms with E-state index in [0.717, 1.165) is 17.7 Å². The molecule has 0 fully saturated rings. The van der Waals surface area contributed by atoms with E-state index in [1.807, 2.05) is 0 Å². The molecule has 0 spiro atoms. The number of ether oxygens (including phenoxy) is 2. The molecule has 5 N–H and O–H groups in total. The van der Waals surface area contributed by atoms with Crippen molar-refractivity contribution in [2.45, 2.75) is 12.7 Å². The fraction of sp³-hybridized carbons (Fsp3) is 0.176. The van der Waals surface area contributed by atoms with Crippen LogP contribution in [0.1, 0.15) is 11.1 Å². The Morgan fingerprint density at radius 1 is 1.07 bits per heavy atom. The number of hydrogen-bond donors (Lipinski definition) is 3. The molecule has 0 saturated heterocycles. The van der Waals surface area contributed by atoms with Gasteiger partial charge in [-0.15, -0.1) is 0 Å². The number of nitrogens with zero attached hydrogens (tertiary/aromatic N) is 2. The zero-order chi connectivity index (χ0) is 19.4. The molecule has 0 atom stereocenters. The van der Waals surface area contributed by atoms with Gasteiger partial charge in [-0.3, -0.25) is 0 Å². The largest absolute Gasteiger partial charge is 0.454 e. The molecule has 2 aromatic rings. The summed E-state index contributed by atoms with van der Waals surface area (Å²) in [5, 5.41) is 2.69. The van der Waals surface area contributed by atoms with Gasteiger partial charge in [-0.25, -0.2) is 4.99 Å². The van der Waals surface area contributed by atoms with Gasteiger partial charge < -0.3 is 26.3 Å². The second kappa shape index (κ2) is 7.44. The average Bonchev–Trinajstić information content (AvgIpc) is 3.06. The number of hydrogen-bond acceptors (Lipinski definition) is 3. The van der Waals surface area contributed by atoms with E-state index in [4.69, 9.17) is 20.9 Å². The molecule has 0 amide bonds. The van der Waals surface area contributed by atoms with Crippen LogP contribution < -0.4 is 26.3 Å². The van der Waals surface area contributed by atoms with Crippen LogP contribution in [0.5, 0.6) is 11.5 Å². The molecule has 0 radical (unpaired) electrons. The molecule has 1 aliphatic heterocycles. The molecular formula is C17H16F3N5O2. The summed E-state index contributed by atoms with van der Waals surface area (Å²) in [4.78, 5) is 8.05. The average molecular weight is 379 g/mol. The highest BCUT2D eigenvalue weighted by Gasteiger charge is 2.30. The molecule has 1 heterocycles. The molecule has 0 saturated carbocycles. The first-order valence-electron chi connectivity index (χ1n) is 7.78. The Labute approximate surface area is 152 Å². The highest BCUT2D eigenvalue weighted by Crippen LogP contribution is 2.33. The van der Waals surface area contributed by atoms with Gasteiger partial charge in [-0.1, -0.05) is 12.1 Å². The Morgan fingerprint density at radius 3 is 2.59 bits per heavy atom. The van der Waals surface area contributed by atoms with Crippen LogP contribution in [0.15, 0.2) is 52.4 Å². The first-order valence-corrected chi connectivity index (χ1v) is 7.78. The number of aliphatic imine (C=N–C) groups is 2. The third-order valence-corrected chi connectivity index (χ3v) is 3.53. The number of alkyl halides is 3. The van der Waals surface area contributed by atoms with Crippen molar-refractivity contribution >= 4 is 17.6 Å². The van der Waals surface area contributed by atoms with Crippen molar-refractivity contribution in [2.75, 3.05) is 12.1 Å². The van der Waals surface area contributed by atoms with Gasteiger partial charge in [0.1, 0.15) is 0 Å². The van der Waals surface area contributed by atoms with Crippen LogP contribution in [0.4, 0.5) is 18.9 Å². The standard InChI is InChI=1S/C17H16F3N5O2/c18-17(19,20)11-2-1-3-12(7-11)24-16(25-15(21)22)23-8-10-4-5-13-14(6-10)27-9-26-13/h1-7H,8-9H2,(H5,21,22,23,24,25). The van der Waals surface area contributed by atoms with Crippen LogP contribution in [0.2, 0.25) is 0 Å². The highest BCUT2D eigenvalue weighted by molar-refractivity contribution is 6.01. The summed E-state index contributed by atoms with van der Waals surface area (Å²) in [5.41, 5.74) is 10.9. The smallest absolute Gasteiger partial charge is 0.416 e. The van der Waals surface area contributed by atoms with Crippen LogP contribution in [0.25, 0.3) is 0 Å². The Kier molecular flexibility index (Phi) is 5.06. The van der Waals surface area contributed by atoms with Crippen molar-refractivity contribution in [3.8, 4) is 11.5 Å². The fourth-order valence-corrected chi connectivity index (χ4v) is 2.33. The summed E-state index contributed by atoms with van der Waals surface area (Å²) in [6.07, 6.45) is -4.46. The summed E-state index contributed by atoms with van der Waals surface area (Å²) in [6.45, 7) is 0.327. The van der Waals surface area contributed by atoms with Crippen molar-refractivity contribution in [3.63, 3.8) is 0 Å². The molecule has 0 aromatic heterocycles. The first kappa shape index (κ1) is 18.4. The summed E-state index contributed by atoms with van der Waals surface area (Å²) in [6, 6.07) is 9.92. The third kappa shape index (κ3) is 4.81. The minimum Gasteiger partial charge on any atom is -0.454 e. The predicted molar refractivity (Wildman–Crippen MR) is 94.6 cm³/mol. The van der Waals surface area contributed by atoms with Gasteiger partial charge >= 0.3 is 6.18 Å². The van der Waals surface area contributed by atoms with Crippen molar-refractivity contribution in [1.29, 1.82) is 0 Å². The third-order valence-electron chi connectivity index (χ3n) is 3.53. The van der Waals surface area contributed by atoms with Gasteiger partial charge in [-0.2, -0.15) is 18.2 Å². The summed E-state index contributed by atoms with van der Waals surface area (Å²) >= 11 is 0. The molecule has 0 bridgehead atoms. The number of fused-ring (bicyclic) bond motifs is 1. The Morgan fingerprint density at radius 2 is 1.85 bits per heavy atom. The van der Waals surface area contributed by atoms with Crippen LogP contribution >= 0.6 is 0 Å². The lowest BCUT2D eigenvalue weighted by molar-refractivity contribution is -0.137. The van der Waals surface area contributed by atoms with E-state index in [-0.39, 0.29) is 30.9 Å². The van der Waals surface area contributed by atoms with E-state index in [1.165, 1.54) is 12.1 Å². The summed E-state index contributed by atoms with van der Waals surface area (Å²) in [5.74, 6) is 0.928. The highest BCUT2D eigenvalue weighted by atomic mass is 19.4. The molecule has 0 unspecified atom stereocenters. The van der Waals surface area contributed by atoms with Gasteiger partial charge in [0.15, 0.2) is 17.5 Å². The molecule has 1 aliphatic rings. The van der Waals surface area contributed by atoms with Gasteiger partial charge in [0.2, 0.25) is 12.8 Å². The molecule has 0 aliphatic carbocycles.